The van der Waals surface area contributed by atoms with E-state index < -0.39 is 0 Å². The van der Waals surface area contributed by atoms with Crippen molar-refractivity contribution in [1.82, 2.24) is 4.98 Å². The molecule has 3 rings (SSSR count). The van der Waals surface area contributed by atoms with Crippen LogP contribution in [0.4, 0.5) is 0 Å². The normalized spacial score (nSPS) is 20.1. The van der Waals surface area contributed by atoms with Crippen molar-refractivity contribution in [2.75, 3.05) is 0 Å². The maximum absolute atomic E-state index is 10.7. The van der Waals surface area contributed by atoms with Crippen LogP contribution in [-0.4, -0.2) is 11.0 Å². The highest BCUT2D eigenvalue weighted by Gasteiger charge is 2.33. The fourth-order valence-electron chi connectivity index (χ4n) is 1.81. The van der Waals surface area contributed by atoms with Crippen LogP contribution in [0.3, 0.4) is 0 Å². The highest BCUT2D eigenvalue weighted by molar-refractivity contribution is 6.36. The van der Waals surface area contributed by atoms with Gasteiger partial charge in [0, 0.05) is 10.9 Å². The molecule has 3 nitrogen and oxygen atoms in total. The fourth-order valence-corrected chi connectivity index (χ4v) is 2.15. The van der Waals surface area contributed by atoms with Gasteiger partial charge >= 0.3 is 5.97 Å². The van der Waals surface area contributed by atoms with Gasteiger partial charge in [0.1, 0.15) is 0 Å². The molecule has 0 radical (unpaired) electrons. The smallest absolute Gasteiger partial charge is 0.310 e. The number of cyclic esters (lactones) is 1. The lowest BCUT2D eigenvalue weighted by Crippen LogP contribution is -2.25. The molecular weight excluding hydrogens is 214 g/mol. The number of hydrogen-bond acceptors (Lipinski definition) is 2. The summed E-state index contributed by atoms with van der Waals surface area (Å²) in [5.74, 6) is -0.172. The summed E-state index contributed by atoms with van der Waals surface area (Å²) in [5, 5.41) is 1.63. The molecule has 1 saturated heterocycles. The quantitative estimate of drug-likeness (QED) is 0.753. The number of para-hydroxylation sites is 1. The molecule has 1 aliphatic rings. The van der Waals surface area contributed by atoms with Gasteiger partial charge in [-0.15, -0.1) is 0 Å². The second kappa shape index (κ2) is 3.00. The van der Waals surface area contributed by atoms with Crippen molar-refractivity contribution in [3.8, 4) is 0 Å². The predicted octanol–water partition coefficient (Wildman–Crippen LogP) is 2.81. The van der Waals surface area contributed by atoms with Crippen molar-refractivity contribution in [2.24, 2.45) is 0 Å². The number of ether oxygens (including phenoxy) is 1. The highest BCUT2D eigenvalue weighted by Crippen LogP contribution is 2.38. The molecule has 0 amide bonds. The van der Waals surface area contributed by atoms with Crippen LogP contribution in [-0.2, 0) is 9.53 Å². The van der Waals surface area contributed by atoms with E-state index in [1.807, 2.05) is 24.3 Å². The summed E-state index contributed by atoms with van der Waals surface area (Å²) in [7, 11) is 0. The van der Waals surface area contributed by atoms with Crippen molar-refractivity contribution < 1.29 is 9.53 Å². The van der Waals surface area contributed by atoms with Crippen molar-refractivity contribution in [2.45, 2.75) is 12.5 Å². The van der Waals surface area contributed by atoms with E-state index in [0.717, 1.165) is 16.6 Å². The molecule has 4 heteroatoms. The Morgan fingerprint density at radius 2 is 2.13 bits per heavy atom. The number of benzene rings is 1. The van der Waals surface area contributed by atoms with Gasteiger partial charge in [-0.25, -0.2) is 0 Å². The Morgan fingerprint density at radius 1 is 1.40 bits per heavy atom. The molecule has 2 aromatic rings. The molecule has 1 fully saturated rings. The first-order chi connectivity index (χ1) is 7.25. The minimum atomic E-state index is -0.197. The molecule has 1 aromatic heterocycles. The molecule has 1 atom stereocenters. The first kappa shape index (κ1) is 8.80. The third-order valence-electron chi connectivity index (χ3n) is 2.62. The zero-order valence-electron chi connectivity index (χ0n) is 7.79. The molecule has 0 aliphatic carbocycles. The predicted molar refractivity (Wildman–Crippen MR) is 56.8 cm³/mol. The Morgan fingerprint density at radius 3 is 2.80 bits per heavy atom. The molecule has 2 heterocycles. The monoisotopic (exact) mass is 221 g/mol. The third kappa shape index (κ3) is 1.23. The fraction of sp³-hybridized carbons (Fsp3) is 0.182. The topological polar surface area (TPSA) is 42.1 Å². The third-order valence-corrected chi connectivity index (χ3v) is 3.02. The van der Waals surface area contributed by atoms with Crippen molar-refractivity contribution in [3.05, 3.63) is 35.0 Å². The Balaban J connectivity index is 2.11. The minimum Gasteiger partial charge on any atom is -0.455 e. The molecule has 1 unspecified atom stereocenters. The van der Waals surface area contributed by atoms with Crippen LogP contribution < -0.4 is 0 Å². The van der Waals surface area contributed by atoms with E-state index in [4.69, 9.17) is 16.3 Å². The van der Waals surface area contributed by atoms with E-state index >= 15 is 0 Å². The molecule has 76 valence electrons. The van der Waals surface area contributed by atoms with Crippen LogP contribution in [0.25, 0.3) is 10.9 Å². The van der Waals surface area contributed by atoms with Gasteiger partial charge in [0.15, 0.2) is 6.10 Å². The summed E-state index contributed by atoms with van der Waals surface area (Å²) in [5.41, 5.74) is 1.78. The van der Waals surface area contributed by atoms with Crippen LogP contribution in [0.5, 0.6) is 0 Å². The van der Waals surface area contributed by atoms with E-state index in [2.05, 4.69) is 4.98 Å². The van der Waals surface area contributed by atoms with Crippen LogP contribution in [0.1, 0.15) is 18.2 Å². The van der Waals surface area contributed by atoms with Gasteiger partial charge in [0.25, 0.3) is 0 Å². The Labute approximate surface area is 91.0 Å². The van der Waals surface area contributed by atoms with E-state index in [1.165, 1.54) is 0 Å². The maximum atomic E-state index is 10.7. The van der Waals surface area contributed by atoms with Crippen molar-refractivity contribution in [3.63, 3.8) is 0 Å². The van der Waals surface area contributed by atoms with Crippen LogP contribution in [0.15, 0.2) is 24.3 Å². The Kier molecular flexibility index (Phi) is 1.76. The number of hydrogen-bond donors (Lipinski definition) is 1. The number of H-pyrrole nitrogens is 1. The number of fused-ring (bicyclic) bond motifs is 1. The molecular formula is C11H8ClNO2. The summed E-state index contributed by atoms with van der Waals surface area (Å²) >= 11 is 6.19. The summed E-state index contributed by atoms with van der Waals surface area (Å²) in [6, 6.07) is 7.76. The number of halogens is 1. The van der Waals surface area contributed by atoms with Crippen molar-refractivity contribution in [1.29, 1.82) is 0 Å². The highest BCUT2D eigenvalue weighted by atomic mass is 35.5. The minimum absolute atomic E-state index is 0.172. The summed E-state index contributed by atoms with van der Waals surface area (Å²) in [6.45, 7) is 0. The molecule has 0 saturated carbocycles. The number of nitrogens with one attached hydrogen (secondary N) is 1. The molecule has 1 aromatic carbocycles. The van der Waals surface area contributed by atoms with E-state index in [1.54, 1.807) is 0 Å². The Hall–Kier alpha value is -1.48. The van der Waals surface area contributed by atoms with Gasteiger partial charge in [0.2, 0.25) is 0 Å². The molecule has 1 N–H and O–H groups in total. The SMILES string of the molecule is O=C1CC(c2[nH]c3ccccc3c2Cl)O1. The number of esters is 1. The summed E-state index contributed by atoms with van der Waals surface area (Å²) in [4.78, 5) is 13.9. The lowest BCUT2D eigenvalue weighted by molar-refractivity contribution is -0.170. The van der Waals surface area contributed by atoms with E-state index in [9.17, 15) is 4.79 Å². The lowest BCUT2D eigenvalue weighted by atomic mass is 10.1. The second-order valence-electron chi connectivity index (χ2n) is 3.58. The van der Waals surface area contributed by atoms with Gasteiger partial charge in [-0.1, -0.05) is 29.8 Å². The first-order valence-electron chi connectivity index (χ1n) is 4.71. The van der Waals surface area contributed by atoms with Gasteiger partial charge < -0.3 is 9.72 Å². The van der Waals surface area contributed by atoms with Crippen LogP contribution >= 0.6 is 11.6 Å². The summed E-state index contributed by atoms with van der Waals surface area (Å²) in [6.07, 6.45) is 0.212. The lowest BCUT2D eigenvalue weighted by Gasteiger charge is -2.24. The standard InChI is InChI=1S/C11H8ClNO2/c12-10-6-3-1-2-4-7(6)13-11(10)8-5-9(14)15-8/h1-4,8,13H,5H2. The van der Waals surface area contributed by atoms with Gasteiger partial charge in [-0.05, 0) is 6.07 Å². The average Bonchev–Trinajstić information content (AvgIpc) is 2.52. The summed E-state index contributed by atoms with van der Waals surface area (Å²) < 4.78 is 4.98. The molecule has 0 spiro atoms. The number of carbonyl (C=O) groups is 1. The molecule has 15 heavy (non-hydrogen) atoms. The van der Waals surface area contributed by atoms with E-state index in [0.29, 0.717) is 11.4 Å². The van der Waals surface area contributed by atoms with Gasteiger partial charge in [-0.2, -0.15) is 0 Å². The Bertz CT molecular complexity index is 539. The van der Waals surface area contributed by atoms with Crippen LogP contribution in [0, 0.1) is 0 Å². The van der Waals surface area contributed by atoms with E-state index in [-0.39, 0.29) is 12.1 Å². The van der Waals surface area contributed by atoms with Gasteiger partial charge in [-0.3, -0.25) is 4.79 Å². The average molecular weight is 222 g/mol. The number of aromatic nitrogens is 1. The first-order valence-corrected chi connectivity index (χ1v) is 5.09. The number of rotatable bonds is 1. The van der Waals surface area contributed by atoms with Crippen molar-refractivity contribution >= 4 is 28.5 Å². The maximum Gasteiger partial charge on any atom is 0.310 e. The number of aromatic amines is 1. The van der Waals surface area contributed by atoms with Gasteiger partial charge in [0.05, 0.1) is 17.1 Å². The van der Waals surface area contributed by atoms with Crippen LogP contribution in [0.2, 0.25) is 5.02 Å². The second-order valence-corrected chi connectivity index (χ2v) is 3.96. The zero-order valence-corrected chi connectivity index (χ0v) is 8.54. The largest absolute Gasteiger partial charge is 0.455 e. The molecule has 0 bridgehead atoms. The number of carbonyl (C=O) groups excluding carboxylic acids is 1. The zero-order chi connectivity index (χ0) is 10.4. The molecule has 1 aliphatic heterocycles.